The van der Waals surface area contributed by atoms with Gasteiger partial charge in [0.15, 0.2) is 0 Å². The maximum Gasteiger partial charge on any atom is 0.337 e. The van der Waals surface area contributed by atoms with Gasteiger partial charge in [-0.15, -0.1) is 0 Å². The van der Waals surface area contributed by atoms with Crippen LogP contribution < -0.4 is 16.2 Å². The predicted octanol–water partition coefficient (Wildman–Crippen LogP) is 4.42. The maximum absolute atomic E-state index is 13.3. The number of fused-ring (bicyclic) bond motifs is 1. The number of rotatable bonds is 4. The lowest BCUT2D eigenvalue weighted by Gasteiger charge is -2.12. The number of nitrogens with one attached hydrogen (secondary N) is 3. The van der Waals surface area contributed by atoms with Crippen LogP contribution in [0.25, 0.3) is 22.2 Å². The molecule has 0 aliphatic heterocycles. The van der Waals surface area contributed by atoms with E-state index in [0.29, 0.717) is 22.2 Å². The van der Waals surface area contributed by atoms with Crippen LogP contribution in [0.4, 0.5) is 20.6 Å². The Morgan fingerprint density at radius 3 is 2.42 bits per heavy atom. The molecule has 3 aromatic carbocycles. The standard InChI is InChI=1S/C23H16FN5O4/c24-15-10-8-14(9-11-15)21-13-19(18-6-1-2-7-20(18)26-21)22(30)27-28-23(31)25-16-4-3-5-17(12-16)29(32)33/h1-13H,(H,27,30)(H2,25,28,31). The molecular formula is C23H16FN5O4. The van der Waals surface area contributed by atoms with Crippen molar-refractivity contribution in [1.82, 2.24) is 15.8 Å². The van der Waals surface area contributed by atoms with Crippen LogP contribution in [0.1, 0.15) is 10.4 Å². The number of nitro groups is 1. The normalized spacial score (nSPS) is 10.5. The van der Waals surface area contributed by atoms with Crippen LogP contribution in [-0.2, 0) is 0 Å². The fourth-order valence-electron chi connectivity index (χ4n) is 3.17. The summed E-state index contributed by atoms with van der Waals surface area (Å²) in [5.41, 5.74) is 6.40. The summed E-state index contributed by atoms with van der Waals surface area (Å²) in [6.07, 6.45) is 0. The number of nitro benzene ring substituents is 1. The zero-order valence-electron chi connectivity index (χ0n) is 16.9. The highest BCUT2D eigenvalue weighted by molar-refractivity contribution is 6.07. The van der Waals surface area contributed by atoms with Crippen molar-refractivity contribution in [3.63, 3.8) is 0 Å². The van der Waals surface area contributed by atoms with Gasteiger partial charge >= 0.3 is 6.03 Å². The first-order valence-electron chi connectivity index (χ1n) is 9.68. The predicted molar refractivity (Wildman–Crippen MR) is 120 cm³/mol. The molecule has 9 nitrogen and oxygen atoms in total. The Hall–Kier alpha value is -4.86. The molecule has 4 aromatic rings. The molecule has 1 aromatic heterocycles. The third-order valence-electron chi connectivity index (χ3n) is 4.71. The number of benzene rings is 3. The summed E-state index contributed by atoms with van der Waals surface area (Å²) in [6, 6.07) is 18.8. The molecule has 164 valence electrons. The number of halogens is 1. The molecule has 3 N–H and O–H groups in total. The number of amides is 3. The van der Waals surface area contributed by atoms with Crippen LogP contribution in [0, 0.1) is 15.9 Å². The number of pyridine rings is 1. The van der Waals surface area contributed by atoms with Crippen molar-refractivity contribution in [3.05, 3.63) is 100 Å². The van der Waals surface area contributed by atoms with Gasteiger partial charge in [0.2, 0.25) is 0 Å². The zero-order chi connectivity index (χ0) is 23.4. The molecule has 0 saturated heterocycles. The van der Waals surface area contributed by atoms with Crippen molar-refractivity contribution < 1.29 is 18.9 Å². The van der Waals surface area contributed by atoms with Crippen molar-refractivity contribution in [2.24, 2.45) is 0 Å². The van der Waals surface area contributed by atoms with E-state index in [2.05, 4.69) is 21.2 Å². The van der Waals surface area contributed by atoms with Gasteiger partial charge < -0.3 is 5.32 Å². The minimum Gasteiger partial charge on any atom is -0.306 e. The average molecular weight is 445 g/mol. The third-order valence-corrected chi connectivity index (χ3v) is 4.71. The molecule has 0 bridgehead atoms. The lowest BCUT2D eigenvalue weighted by atomic mass is 10.0. The number of nitrogens with zero attached hydrogens (tertiary/aromatic N) is 2. The summed E-state index contributed by atoms with van der Waals surface area (Å²) < 4.78 is 13.3. The van der Waals surface area contributed by atoms with E-state index in [1.54, 1.807) is 42.5 Å². The smallest absolute Gasteiger partial charge is 0.306 e. The van der Waals surface area contributed by atoms with Crippen LogP contribution in [0.5, 0.6) is 0 Å². The summed E-state index contributed by atoms with van der Waals surface area (Å²) in [4.78, 5) is 39.8. The Kier molecular flexibility index (Phi) is 5.90. The van der Waals surface area contributed by atoms with Crippen molar-refractivity contribution >= 4 is 34.2 Å². The third kappa shape index (κ3) is 4.90. The van der Waals surface area contributed by atoms with Crippen LogP contribution in [0.15, 0.2) is 78.9 Å². The van der Waals surface area contributed by atoms with Gasteiger partial charge in [-0.25, -0.2) is 19.6 Å². The van der Waals surface area contributed by atoms with Gasteiger partial charge in [0, 0.05) is 28.8 Å². The van der Waals surface area contributed by atoms with Gasteiger partial charge in [-0.2, -0.15) is 0 Å². The lowest BCUT2D eigenvalue weighted by Crippen LogP contribution is -2.44. The second kappa shape index (κ2) is 9.10. The minimum atomic E-state index is -0.791. The number of carbonyl (C=O) groups is 2. The SMILES string of the molecule is O=C(NNC(=O)c1cc(-c2ccc(F)cc2)nc2ccccc12)Nc1cccc([N+](=O)[O-])c1. The molecular weight excluding hydrogens is 429 g/mol. The molecule has 10 heteroatoms. The van der Waals surface area contributed by atoms with Crippen LogP contribution in [0.3, 0.4) is 0 Å². The molecule has 4 rings (SSSR count). The minimum absolute atomic E-state index is 0.184. The summed E-state index contributed by atoms with van der Waals surface area (Å²) in [7, 11) is 0. The Morgan fingerprint density at radius 1 is 0.909 bits per heavy atom. The van der Waals surface area contributed by atoms with Crippen LogP contribution in [-0.4, -0.2) is 21.8 Å². The number of aromatic nitrogens is 1. The van der Waals surface area contributed by atoms with Crippen LogP contribution in [0.2, 0.25) is 0 Å². The monoisotopic (exact) mass is 445 g/mol. The van der Waals surface area contributed by atoms with Crippen LogP contribution >= 0.6 is 0 Å². The number of hydrogen-bond acceptors (Lipinski definition) is 5. The van der Waals surface area contributed by atoms with Crippen molar-refractivity contribution in [1.29, 1.82) is 0 Å². The largest absolute Gasteiger partial charge is 0.337 e. The molecule has 0 spiro atoms. The van der Waals surface area contributed by atoms with E-state index in [-0.39, 0.29) is 16.9 Å². The Balaban J connectivity index is 1.54. The molecule has 0 unspecified atom stereocenters. The van der Waals surface area contributed by atoms with Gasteiger partial charge in [0.1, 0.15) is 5.82 Å². The quantitative estimate of drug-likeness (QED) is 0.317. The molecule has 3 amide bonds. The number of carbonyl (C=O) groups excluding carboxylic acids is 2. The molecule has 0 fully saturated rings. The van der Waals surface area contributed by atoms with Crippen molar-refractivity contribution in [2.45, 2.75) is 0 Å². The fraction of sp³-hybridized carbons (Fsp3) is 0. The van der Waals surface area contributed by atoms with E-state index in [4.69, 9.17) is 0 Å². The van der Waals surface area contributed by atoms with Gasteiger partial charge in [-0.3, -0.25) is 20.3 Å². The van der Waals surface area contributed by atoms with E-state index < -0.39 is 22.7 Å². The number of para-hydroxylation sites is 1. The molecule has 0 radical (unpaired) electrons. The molecule has 0 atom stereocenters. The van der Waals surface area contributed by atoms with Gasteiger partial charge in [-0.1, -0.05) is 24.3 Å². The second-order valence-electron chi connectivity index (χ2n) is 6.92. The topological polar surface area (TPSA) is 126 Å². The Bertz CT molecular complexity index is 1380. The van der Waals surface area contributed by atoms with Crippen molar-refractivity contribution in [3.8, 4) is 11.3 Å². The number of hydrazine groups is 1. The first kappa shape index (κ1) is 21.4. The number of non-ortho nitro benzene ring substituents is 1. The number of anilines is 1. The van der Waals surface area contributed by atoms with Gasteiger partial charge in [-0.05, 0) is 42.5 Å². The summed E-state index contributed by atoms with van der Waals surface area (Å²) >= 11 is 0. The number of hydrogen-bond donors (Lipinski definition) is 3. The Labute approximate surface area is 186 Å². The highest BCUT2D eigenvalue weighted by Gasteiger charge is 2.15. The fourth-order valence-corrected chi connectivity index (χ4v) is 3.17. The lowest BCUT2D eigenvalue weighted by molar-refractivity contribution is -0.384. The highest BCUT2D eigenvalue weighted by Crippen LogP contribution is 2.25. The summed E-state index contributed by atoms with van der Waals surface area (Å²) in [6.45, 7) is 0. The Morgan fingerprint density at radius 2 is 1.67 bits per heavy atom. The van der Waals surface area contributed by atoms with E-state index >= 15 is 0 Å². The molecule has 0 aliphatic carbocycles. The maximum atomic E-state index is 13.3. The van der Waals surface area contributed by atoms with E-state index in [1.807, 2.05) is 0 Å². The van der Waals surface area contributed by atoms with E-state index in [9.17, 15) is 24.1 Å². The summed E-state index contributed by atoms with van der Waals surface area (Å²) in [5, 5.41) is 13.8. The highest BCUT2D eigenvalue weighted by atomic mass is 19.1. The van der Waals surface area contributed by atoms with Crippen molar-refractivity contribution in [2.75, 3.05) is 5.32 Å². The second-order valence-corrected chi connectivity index (χ2v) is 6.92. The van der Waals surface area contributed by atoms with E-state index in [0.717, 1.165) is 0 Å². The van der Waals surface area contributed by atoms with E-state index in [1.165, 1.54) is 36.4 Å². The molecule has 0 saturated carbocycles. The summed E-state index contributed by atoms with van der Waals surface area (Å²) in [5.74, 6) is -0.998. The number of urea groups is 1. The molecule has 1 heterocycles. The van der Waals surface area contributed by atoms with Gasteiger partial charge in [0.05, 0.1) is 21.7 Å². The average Bonchev–Trinajstić information content (AvgIpc) is 2.82. The molecule has 0 aliphatic rings. The zero-order valence-corrected chi connectivity index (χ0v) is 16.9. The first-order valence-corrected chi connectivity index (χ1v) is 9.68. The molecule has 33 heavy (non-hydrogen) atoms. The first-order chi connectivity index (χ1) is 15.9. The van der Waals surface area contributed by atoms with Gasteiger partial charge in [0.25, 0.3) is 11.6 Å².